The van der Waals surface area contributed by atoms with Crippen LogP contribution in [0.1, 0.15) is 79.9 Å². The van der Waals surface area contributed by atoms with Gasteiger partial charge in [-0.2, -0.15) is 5.10 Å². The first-order valence-corrected chi connectivity index (χ1v) is 11.6. The van der Waals surface area contributed by atoms with E-state index < -0.39 is 5.97 Å². The summed E-state index contributed by atoms with van der Waals surface area (Å²) in [4.78, 5) is 16.3. The lowest BCUT2D eigenvalue weighted by Gasteiger charge is -2.24. The molecule has 2 aliphatic carbocycles. The summed E-state index contributed by atoms with van der Waals surface area (Å²) in [6.45, 7) is 0.601. The van der Waals surface area contributed by atoms with Crippen molar-refractivity contribution in [3.8, 4) is 11.4 Å². The third-order valence-corrected chi connectivity index (χ3v) is 6.85. The average Bonchev–Trinajstić information content (AvgIpc) is 3.13. The van der Waals surface area contributed by atoms with E-state index in [4.69, 9.17) is 9.84 Å². The van der Waals surface area contributed by atoms with Crippen LogP contribution in [0.2, 0.25) is 0 Å². The minimum absolute atomic E-state index is 0.00240. The number of carboxylic acid groups (broad SMARTS) is 1. The van der Waals surface area contributed by atoms with Gasteiger partial charge in [0.05, 0.1) is 23.4 Å². The summed E-state index contributed by atoms with van der Waals surface area (Å²) in [6, 6.07) is 11.4. The number of carboxylic acids is 1. The number of para-hydroxylation sites is 1. The highest BCUT2D eigenvalue weighted by Gasteiger charge is 2.29. The standard InChI is InChI=1S/C25H29N3O3/c29-25(30)20-16-21(31-15-14-17-8-3-1-4-9-17)22-23(18-10-7-11-18)27-28(24(22)26-20)19-12-5-2-6-13-19/h2,5-6,12-13,16-18H,1,3-4,7-11,14-15H2,(H,29,30). The summed E-state index contributed by atoms with van der Waals surface area (Å²) in [6.07, 6.45) is 10.9. The fourth-order valence-electron chi connectivity index (χ4n) is 4.86. The zero-order valence-electron chi connectivity index (χ0n) is 17.8. The molecule has 0 unspecified atom stereocenters. The predicted molar refractivity (Wildman–Crippen MR) is 119 cm³/mol. The molecule has 6 nitrogen and oxygen atoms in total. The van der Waals surface area contributed by atoms with Gasteiger partial charge in [0.2, 0.25) is 0 Å². The molecule has 2 aromatic heterocycles. The number of rotatable bonds is 7. The van der Waals surface area contributed by atoms with E-state index >= 15 is 0 Å². The van der Waals surface area contributed by atoms with Crippen molar-refractivity contribution >= 4 is 17.0 Å². The molecule has 2 heterocycles. The van der Waals surface area contributed by atoms with Crippen molar-refractivity contribution in [2.75, 3.05) is 6.61 Å². The fraction of sp³-hybridized carbons (Fsp3) is 0.480. The van der Waals surface area contributed by atoms with Crippen molar-refractivity contribution in [2.24, 2.45) is 5.92 Å². The molecule has 3 aromatic rings. The largest absolute Gasteiger partial charge is 0.493 e. The highest BCUT2D eigenvalue weighted by molar-refractivity contribution is 5.94. The maximum Gasteiger partial charge on any atom is 0.354 e. The van der Waals surface area contributed by atoms with Crippen LogP contribution in [0, 0.1) is 5.92 Å². The van der Waals surface area contributed by atoms with Gasteiger partial charge in [0.1, 0.15) is 5.75 Å². The summed E-state index contributed by atoms with van der Waals surface area (Å²) < 4.78 is 8.05. The van der Waals surface area contributed by atoms with Gasteiger partial charge in [0, 0.05) is 12.0 Å². The normalized spacial score (nSPS) is 17.5. The van der Waals surface area contributed by atoms with Crippen molar-refractivity contribution < 1.29 is 14.6 Å². The summed E-state index contributed by atoms with van der Waals surface area (Å²) in [5, 5.41) is 15.5. The summed E-state index contributed by atoms with van der Waals surface area (Å²) >= 11 is 0. The Morgan fingerprint density at radius 1 is 1.06 bits per heavy atom. The van der Waals surface area contributed by atoms with E-state index in [1.54, 1.807) is 10.7 Å². The van der Waals surface area contributed by atoms with Gasteiger partial charge in [0.25, 0.3) is 0 Å². The molecule has 0 atom stereocenters. The molecule has 162 valence electrons. The predicted octanol–water partition coefficient (Wildman–Crippen LogP) is 5.74. The first kappa shape index (κ1) is 20.0. The van der Waals surface area contributed by atoms with E-state index in [1.807, 2.05) is 30.3 Å². The Hall–Kier alpha value is -2.89. The Balaban J connectivity index is 1.55. The van der Waals surface area contributed by atoms with E-state index in [9.17, 15) is 9.90 Å². The van der Waals surface area contributed by atoms with Crippen molar-refractivity contribution in [1.29, 1.82) is 0 Å². The highest BCUT2D eigenvalue weighted by atomic mass is 16.5. The first-order valence-electron chi connectivity index (χ1n) is 11.6. The molecule has 2 aliphatic rings. The minimum Gasteiger partial charge on any atom is -0.493 e. The smallest absolute Gasteiger partial charge is 0.354 e. The number of benzene rings is 1. The van der Waals surface area contributed by atoms with Gasteiger partial charge in [-0.1, -0.05) is 56.7 Å². The van der Waals surface area contributed by atoms with Gasteiger partial charge in [-0.15, -0.1) is 0 Å². The van der Waals surface area contributed by atoms with Gasteiger partial charge in [-0.05, 0) is 37.3 Å². The van der Waals surface area contributed by atoms with Crippen molar-refractivity contribution in [1.82, 2.24) is 14.8 Å². The maximum atomic E-state index is 11.8. The lowest BCUT2D eigenvalue weighted by Crippen LogP contribution is -2.12. The molecule has 5 rings (SSSR count). The summed E-state index contributed by atoms with van der Waals surface area (Å²) in [5.74, 6) is 0.654. The zero-order chi connectivity index (χ0) is 21.2. The molecule has 2 fully saturated rings. The van der Waals surface area contributed by atoms with Crippen LogP contribution in [-0.2, 0) is 0 Å². The number of pyridine rings is 1. The molecule has 1 N–H and O–H groups in total. The molecule has 0 saturated heterocycles. The van der Waals surface area contributed by atoms with Crippen LogP contribution in [0.25, 0.3) is 16.7 Å². The van der Waals surface area contributed by atoms with Gasteiger partial charge in [-0.3, -0.25) is 0 Å². The van der Waals surface area contributed by atoms with Crippen LogP contribution < -0.4 is 4.74 Å². The van der Waals surface area contributed by atoms with Crippen LogP contribution in [-0.4, -0.2) is 32.4 Å². The molecule has 0 aliphatic heterocycles. The van der Waals surface area contributed by atoms with E-state index in [1.165, 1.54) is 38.5 Å². The van der Waals surface area contributed by atoms with Gasteiger partial charge >= 0.3 is 5.97 Å². The summed E-state index contributed by atoms with van der Waals surface area (Å²) in [5.41, 5.74) is 2.43. The van der Waals surface area contributed by atoms with Crippen molar-refractivity contribution in [3.63, 3.8) is 0 Å². The second-order valence-electron chi connectivity index (χ2n) is 8.91. The number of fused-ring (bicyclic) bond motifs is 1. The number of nitrogens with zero attached hydrogens (tertiary/aromatic N) is 3. The van der Waals surface area contributed by atoms with Crippen molar-refractivity contribution in [3.05, 3.63) is 47.8 Å². The van der Waals surface area contributed by atoms with E-state index in [2.05, 4.69) is 4.98 Å². The topological polar surface area (TPSA) is 77.2 Å². The van der Waals surface area contributed by atoms with Gasteiger partial charge < -0.3 is 9.84 Å². The second-order valence-corrected chi connectivity index (χ2v) is 8.91. The number of hydrogen-bond acceptors (Lipinski definition) is 4. The lowest BCUT2D eigenvalue weighted by atomic mass is 9.82. The number of aromatic nitrogens is 3. The Kier molecular flexibility index (Phi) is 5.62. The minimum atomic E-state index is -1.05. The zero-order valence-corrected chi connectivity index (χ0v) is 17.8. The Morgan fingerprint density at radius 3 is 2.52 bits per heavy atom. The van der Waals surface area contributed by atoms with Crippen molar-refractivity contribution in [2.45, 2.75) is 63.7 Å². The molecule has 1 aromatic carbocycles. The van der Waals surface area contributed by atoms with E-state index in [0.29, 0.717) is 29.8 Å². The first-order chi connectivity index (χ1) is 15.2. The summed E-state index contributed by atoms with van der Waals surface area (Å²) in [7, 11) is 0. The molecule has 0 bridgehead atoms. The van der Waals surface area contributed by atoms with Crippen LogP contribution >= 0.6 is 0 Å². The number of carbonyl (C=O) groups is 1. The molecule has 0 amide bonds. The Labute approximate surface area is 182 Å². The van der Waals surface area contributed by atoms with E-state index in [-0.39, 0.29) is 5.69 Å². The van der Waals surface area contributed by atoms with Gasteiger partial charge in [-0.25, -0.2) is 14.5 Å². The van der Waals surface area contributed by atoms with Crippen LogP contribution in [0.3, 0.4) is 0 Å². The van der Waals surface area contributed by atoms with Crippen LogP contribution in [0.5, 0.6) is 5.75 Å². The third kappa shape index (κ3) is 4.03. The van der Waals surface area contributed by atoms with E-state index in [0.717, 1.165) is 36.0 Å². The average molecular weight is 420 g/mol. The van der Waals surface area contributed by atoms with Crippen LogP contribution in [0.4, 0.5) is 0 Å². The molecule has 0 radical (unpaired) electrons. The number of ether oxygens (including phenoxy) is 1. The third-order valence-electron chi connectivity index (χ3n) is 6.85. The number of aromatic carboxylic acids is 1. The molecule has 31 heavy (non-hydrogen) atoms. The lowest BCUT2D eigenvalue weighted by molar-refractivity contribution is 0.0690. The number of hydrogen-bond donors (Lipinski definition) is 1. The van der Waals surface area contributed by atoms with Crippen LogP contribution in [0.15, 0.2) is 36.4 Å². The van der Waals surface area contributed by atoms with Gasteiger partial charge in [0.15, 0.2) is 11.3 Å². The SMILES string of the molecule is O=C(O)c1cc(OCCC2CCCCC2)c2c(C3CCC3)nn(-c3ccccc3)c2n1. The molecule has 2 saturated carbocycles. The quantitative estimate of drug-likeness (QED) is 0.529. The molecule has 6 heteroatoms. The monoisotopic (exact) mass is 419 g/mol. The molecular weight excluding hydrogens is 390 g/mol. The Bertz CT molecular complexity index is 1070. The Morgan fingerprint density at radius 2 is 1.84 bits per heavy atom. The highest BCUT2D eigenvalue weighted by Crippen LogP contribution is 2.42. The molecular formula is C25H29N3O3. The fourth-order valence-corrected chi connectivity index (χ4v) is 4.86. The maximum absolute atomic E-state index is 11.8. The molecule has 0 spiro atoms. The second kappa shape index (κ2) is 8.69.